The Balaban J connectivity index is 1.31. The number of nitriles is 1. The number of pyridine rings is 2. The Kier molecular flexibility index (Phi) is 6.15. The van der Waals surface area contributed by atoms with Crippen LogP contribution in [0.3, 0.4) is 0 Å². The summed E-state index contributed by atoms with van der Waals surface area (Å²) in [6, 6.07) is 9.86. The van der Waals surface area contributed by atoms with Crippen LogP contribution in [0.1, 0.15) is 31.0 Å². The first-order valence-corrected chi connectivity index (χ1v) is 11.4. The van der Waals surface area contributed by atoms with E-state index in [1.165, 1.54) is 6.33 Å². The Bertz CT molecular complexity index is 1430. The Morgan fingerprint density at radius 3 is 2.71 bits per heavy atom. The Labute approximate surface area is 203 Å². The number of piperidine rings is 1. The first-order chi connectivity index (χ1) is 17.2. The van der Waals surface area contributed by atoms with E-state index >= 15 is 0 Å². The second-order valence-electron chi connectivity index (χ2n) is 8.08. The molecule has 1 aliphatic rings. The lowest BCUT2D eigenvalue weighted by Crippen LogP contribution is -2.38. The van der Waals surface area contributed by atoms with E-state index in [-0.39, 0.29) is 6.10 Å². The molecule has 4 aromatic heterocycles. The molecule has 0 unspecified atom stereocenters. The standard InChI is InChI=1S/C26H23N7O2/c1-3-20-11-25(30-17-29-20)35-21-7-9-32(10-8-21)24-6-5-18(14-28-24)23-12-22(34-4-2)16-33-26(23)19(13-27)15-31-33/h1,5-6,11-12,14-17,21H,4,7-10H2,2H3. The number of terminal acetylenes is 1. The first-order valence-electron chi connectivity index (χ1n) is 11.4. The molecule has 1 saturated heterocycles. The van der Waals surface area contributed by atoms with Crippen LogP contribution < -0.4 is 14.4 Å². The van der Waals surface area contributed by atoms with Crippen molar-refractivity contribution in [1.82, 2.24) is 24.6 Å². The molecule has 9 heteroatoms. The zero-order chi connectivity index (χ0) is 24.2. The van der Waals surface area contributed by atoms with Crippen molar-refractivity contribution in [3.63, 3.8) is 0 Å². The topological polar surface area (TPSA) is 101 Å². The van der Waals surface area contributed by atoms with E-state index in [1.54, 1.807) is 23.0 Å². The normalized spacial score (nSPS) is 13.9. The van der Waals surface area contributed by atoms with Crippen LogP contribution >= 0.6 is 0 Å². The molecule has 5 rings (SSSR count). The lowest BCUT2D eigenvalue weighted by atomic mass is 10.0. The van der Waals surface area contributed by atoms with Crippen molar-refractivity contribution in [2.24, 2.45) is 0 Å². The summed E-state index contributed by atoms with van der Waals surface area (Å²) in [6.07, 6.45) is 13.8. The van der Waals surface area contributed by atoms with Gasteiger partial charge in [0.2, 0.25) is 5.88 Å². The summed E-state index contributed by atoms with van der Waals surface area (Å²) < 4.78 is 13.4. The molecule has 35 heavy (non-hydrogen) atoms. The molecule has 0 amide bonds. The van der Waals surface area contributed by atoms with Crippen LogP contribution in [0, 0.1) is 23.7 Å². The highest BCUT2D eigenvalue weighted by atomic mass is 16.5. The van der Waals surface area contributed by atoms with Gasteiger partial charge < -0.3 is 14.4 Å². The summed E-state index contributed by atoms with van der Waals surface area (Å²) in [6.45, 7) is 4.10. The van der Waals surface area contributed by atoms with Gasteiger partial charge in [0.1, 0.15) is 35.8 Å². The molecule has 0 aromatic carbocycles. The van der Waals surface area contributed by atoms with E-state index in [0.717, 1.165) is 48.4 Å². The zero-order valence-electron chi connectivity index (χ0n) is 19.3. The molecule has 1 fully saturated rings. The lowest BCUT2D eigenvalue weighted by molar-refractivity contribution is 0.163. The van der Waals surface area contributed by atoms with Gasteiger partial charge in [-0.2, -0.15) is 10.4 Å². The number of nitrogens with zero attached hydrogens (tertiary/aromatic N) is 7. The zero-order valence-corrected chi connectivity index (χ0v) is 19.3. The van der Waals surface area contributed by atoms with Gasteiger partial charge in [-0.05, 0) is 31.0 Å². The molecule has 9 nitrogen and oxygen atoms in total. The fourth-order valence-electron chi connectivity index (χ4n) is 4.23. The van der Waals surface area contributed by atoms with Crippen LogP contribution in [0.2, 0.25) is 0 Å². The predicted molar refractivity (Wildman–Crippen MR) is 130 cm³/mol. The van der Waals surface area contributed by atoms with Crippen LogP contribution in [0.15, 0.2) is 49.2 Å². The van der Waals surface area contributed by atoms with Gasteiger partial charge in [0.25, 0.3) is 0 Å². The van der Waals surface area contributed by atoms with Gasteiger partial charge in [-0.3, -0.25) is 0 Å². The maximum atomic E-state index is 9.54. The molecule has 0 N–H and O–H groups in total. The maximum absolute atomic E-state index is 9.54. The highest BCUT2D eigenvalue weighted by Crippen LogP contribution is 2.31. The van der Waals surface area contributed by atoms with Gasteiger partial charge >= 0.3 is 0 Å². The van der Waals surface area contributed by atoms with Crippen molar-refractivity contribution in [3.8, 4) is 41.2 Å². The van der Waals surface area contributed by atoms with Crippen LogP contribution in [-0.4, -0.2) is 50.4 Å². The molecule has 1 aliphatic heterocycles. The average molecular weight is 466 g/mol. The summed E-state index contributed by atoms with van der Waals surface area (Å²) in [7, 11) is 0. The minimum atomic E-state index is 0.0619. The third-order valence-electron chi connectivity index (χ3n) is 5.92. The molecule has 5 heterocycles. The number of aromatic nitrogens is 5. The Hall–Kier alpha value is -4.63. The van der Waals surface area contributed by atoms with E-state index < -0.39 is 0 Å². The molecule has 0 spiro atoms. The monoisotopic (exact) mass is 465 g/mol. The molecular formula is C26H23N7O2. The van der Waals surface area contributed by atoms with Crippen LogP contribution in [0.25, 0.3) is 16.6 Å². The van der Waals surface area contributed by atoms with Crippen molar-refractivity contribution in [1.29, 1.82) is 5.26 Å². The summed E-state index contributed by atoms with van der Waals surface area (Å²) in [4.78, 5) is 15.1. The smallest absolute Gasteiger partial charge is 0.217 e. The van der Waals surface area contributed by atoms with Crippen LogP contribution in [-0.2, 0) is 0 Å². The third-order valence-corrected chi connectivity index (χ3v) is 5.92. The van der Waals surface area contributed by atoms with E-state index in [1.807, 2.05) is 31.3 Å². The van der Waals surface area contributed by atoms with Gasteiger partial charge in [0.15, 0.2) is 0 Å². The van der Waals surface area contributed by atoms with E-state index in [9.17, 15) is 5.26 Å². The minimum Gasteiger partial charge on any atom is -0.492 e. The summed E-state index contributed by atoms with van der Waals surface area (Å²) >= 11 is 0. The number of hydrogen-bond donors (Lipinski definition) is 0. The quantitative estimate of drug-likeness (QED) is 0.399. The minimum absolute atomic E-state index is 0.0619. The Morgan fingerprint density at radius 1 is 1.14 bits per heavy atom. The van der Waals surface area contributed by atoms with Gasteiger partial charge in [-0.15, -0.1) is 6.42 Å². The third kappa shape index (κ3) is 4.57. The molecule has 0 atom stereocenters. The van der Waals surface area contributed by atoms with Gasteiger partial charge in [-0.25, -0.2) is 19.5 Å². The Morgan fingerprint density at radius 2 is 2.00 bits per heavy atom. The van der Waals surface area contributed by atoms with Gasteiger partial charge in [-0.1, -0.05) is 0 Å². The van der Waals surface area contributed by atoms with E-state index in [4.69, 9.17) is 20.9 Å². The first kappa shape index (κ1) is 22.2. The largest absolute Gasteiger partial charge is 0.492 e. The average Bonchev–Trinajstić information content (AvgIpc) is 3.32. The molecule has 0 aliphatic carbocycles. The highest BCUT2D eigenvalue weighted by Gasteiger charge is 2.22. The summed E-state index contributed by atoms with van der Waals surface area (Å²) in [5.74, 6) is 4.59. The number of rotatable bonds is 6. The molecule has 4 aromatic rings. The lowest BCUT2D eigenvalue weighted by Gasteiger charge is -2.32. The van der Waals surface area contributed by atoms with Crippen molar-refractivity contribution in [2.75, 3.05) is 24.6 Å². The van der Waals surface area contributed by atoms with Crippen molar-refractivity contribution < 1.29 is 9.47 Å². The number of hydrogen-bond acceptors (Lipinski definition) is 8. The number of ether oxygens (including phenoxy) is 2. The maximum Gasteiger partial charge on any atom is 0.217 e. The predicted octanol–water partition coefficient (Wildman–Crippen LogP) is 3.49. The summed E-state index contributed by atoms with van der Waals surface area (Å²) in [5, 5.41) is 13.9. The van der Waals surface area contributed by atoms with Crippen LogP contribution in [0.5, 0.6) is 11.6 Å². The highest BCUT2D eigenvalue weighted by molar-refractivity contribution is 5.85. The van der Waals surface area contributed by atoms with E-state index in [0.29, 0.717) is 29.5 Å². The fourth-order valence-corrected chi connectivity index (χ4v) is 4.23. The van der Waals surface area contributed by atoms with Crippen molar-refractivity contribution >= 4 is 11.3 Å². The molecular weight excluding hydrogens is 442 g/mol. The summed E-state index contributed by atoms with van der Waals surface area (Å²) in [5.41, 5.74) is 3.50. The molecule has 0 saturated carbocycles. The number of anilines is 1. The van der Waals surface area contributed by atoms with Crippen molar-refractivity contribution in [2.45, 2.75) is 25.9 Å². The van der Waals surface area contributed by atoms with E-state index in [2.05, 4.69) is 32.0 Å². The van der Waals surface area contributed by atoms with Crippen molar-refractivity contribution in [3.05, 3.63) is 60.4 Å². The fraction of sp³-hybridized carbons (Fsp3) is 0.269. The molecule has 0 bridgehead atoms. The number of fused-ring (bicyclic) bond motifs is 1. The van der Waals surface area contributed by atoms with Crippen LogP contribution in [0.4, 0.5) is 5.82 Å². The van der Waals surface area contributed by atoms with Gasteiger partial charge in [0, 0.05) is 49.3 Å². The second-order valence-corrected chi connectivity index (χ2v) is 8.08. The molecule has 0 radical (unpaired) electrons. The second kappa shape index (κ2) is 9.70. The molecule has 174 valence electrons. The van der Waals surface area contributed by atoms with Gasteiger partial charge in [0.05, 0.1) is 30.1 Å². The SMILES string of the molecule is C#Cc1cc(OC2CCN(c3ccc(-c4cc(OCC)cn5ncc(C#N)c45)cn3)CC2)ncn1.